The van der Waals surface area contributed by atoms with Crippen LogP contribution in [-0.4, -0.2) is 28.5 Å². The van der Waals surface area contributed by atoms with E-state index in [2.05, 4.69) is 0 Å². The molecule has 1 fully saturated rings. The van der Waals surface area contributed by atoms with E-state index in [0.717, 1.165) is 36.0 Å². The summed E-state index contributed by atoms with van der Waals surface area (Å²) >= 11 is 0. The summed E-state index contributed by atoms with van der Waals surface area (Å²) in [7, 11) is 0. The third kappa shape index (κ3) is 6.43. The van der Waals surface area contributed by atoms with Crippen molar-refractivity contribution < 1.29 is 31.5 Å². The number of rotatable bonds is 6. The molecule has 2 heterocycles. The lowest BCUT2D eigenvalue weighted by Crippen LogP contribution is -2.35. The van der Waals surface area contributed by atoms with Crippen molar-refractivity contribution in [2.45, 2.75) is 32.0 Å². The second kappa shape index (κ2) is 12.1. The standard InChI is InChI=1S/C32H24F5N3O3/c33-23-10-7-22(28(34)16-23)19-40-29(17-27(32(35,36)37)26(18-38)31(40)42)20-8-11-24(12-9-20)43-25-6-4-5-21(15-25)30(41)39-13-2-1-3-14-39/h4-12,15-17H,1-3,13-14,19H2. The van der Waals surface area contributed by atoms with Crippen molar-refractivity contribution in [1.82, 2.24) is 9.47 Å². The van der Waals surface area contributed by atoms with Crippen LogP contribution in [0.1, 0.15) is 46.3 Å². The summed E-state index contributed by atoms with van der Waals surface area (Å²) in [6.45, 7) is 0.828. The molecule has 220 valence electrons. The first kappa shape index (κ1) is 29.5. The number of piperidine rings is 1. The van der Waals surface area contributed by atoms with Crippen molar-refractivity contribution in [2.24, 2.45) is 0 Å². The van der Waals surface area contributed by atoms with Gasteiger partial charge in [0.15, 0.2) is 0 Å². The third-order valence-electron chi connectivity index (χ3n) is 7.17. The average Bonchev–Trinajstić information content (AvgIpc) is 2.99. The fraction of sp³-hybridized carbons (Fsp3) is 0.219. The molecule has 0 atom stereocenters. The molecule has 3 aromatic carbocycles. The third-order valence-corrected chi connectivity index (χ3v) is 7.17. The summed E-state index contributed by atoms with van der Waals surface area (Å²) in [6.07, 6.45) is -2.03. The molecule has 11 heteroatoms. The van der Waals surface area contributed by atoms with Gasteiger partial charge in [0.2, 0.25) is 0 Å². The van der Waals surface area contributed by atoms with Crippen molar-refractivity contribution in [3.8, 4) is 28.8 Å². The summed E-state index contributed by atoms with van der Waals surface area (Å²) in [6, 6.07) is 17.0. The largest absolute Gasteiger partial charge is 0.457 e. The van der Waals surface area contributed by atoms with Crippen LogP contribution in [0.5, 0.6) is 11.5 Å². The second-order valence-corrected chi connectivity index (χ2v) is 10.1. The highest BCUT2D eigenvalue weighted by Crippen LogP contribution is 2.34. The highest BCUT2D eigenvalue weighted by molar-refractivity contribution is 5.94. The normalized spacial score (nSPS) is 13.4. The van der Waals surface area contributed by atoms with Gasteiger partial charge in [0, 0.05) is 30.3 Å². The van der Waals surface area contributed by atoms with Gasteiger partial charge < -0.3 is 14.2 Å². The number of pyridine rings is 1. The van der Waals surface area contributed by atoms with Crippen molar-refractivity contribution in [3.05, 3.63) is 117 Å². The molecular weight excluding hydrogens is 569 g/mol. The smallest absolute Gasteiger partial charge is 0.417 e. The summed E-state index contributed by atoms with van der Waals surface area (Å²) in [4.78, 5) is 27.8. The van der Waals surface area contributed by atoms with Gasteiger partial charge in [0.25, 0.3) is 11.5 Å². The number of hydrogen-bond acceptors (Lipinski definition) is 4. The molecule has 1 saturated heterocycles. The minimum absolute atomic E-state index is 0.0997. The highest BCUT2D eigenvalue weighted by atomic mass is 19.4. The van der Waals surface area contributed by atoms with Gasteiger partial charge in [0.1, 0.15) is 34.8 Å². The van der Waals surface area contributed by atoms with Gasteiger partial charge in [-0.15, -0.1) is 0 Å². The van der Waals surface area contributed by atoms with Crippen LogP contribution in [0.2, 0.25) is 0 Å². The van der Waals surface area contributed by atoms with Crippen LogP contribution >= 0.6 is 0 Å². The van der Waals surface area contributed by atoms with Gasteiger partial charge in [-0.3, -0.25) is 9.59 Å². The molecule has 0 saturated carbocycles. The number of hydrogen-bond donors (Lipinski definition) is 0. The minimum atomic E-state index is -5.01. The van der Waals surface area contributed by atoms with E-state index in [0.29, 0.717) is 42.3 Å². The number of benzene rings is 3. The van der Waals surface area contributed by atoms with E-state index in [1.54, 1.807) is 29.2 Å². The van der Waals surface area contributed by atoms with Gasteiger partial charge in [-0.2, -0.15) is 18.4 Å². The van der Waals surface area contributed by atoms with E-state index in [1.165, 1.54) is 30.3 Å². The molecule has 0 bridgehead atoms. The van der Waals surface area contributed by atoms with E-state index in [1.807, 2.05) is 0 Å². The number of likely N-dealkylation sites (tertiary alicyclic amines) is 1. The Morgan fingerprint density at radius 3 is 2.28 bits per heavy atom. The van der Waals surface area contributed by atoms with Crippen LogP contribution in [-0.2, 0) is 12.7 Å². The number of halogens is 5. The Hall–Kier alpha value is -4.98. The summed E-state index contributed by atoms with van der Waals surface area (Å²) < 4.78 is 76.2. The molecule has 1 aromatic heterocycles. The summed E-state index contributed by atoms with van der Waals surface area (Å²) in [5.41, 5.74) is -3.63. The van der Waals surface area contributed by atoms with Gasteiger partial charge >= 0.3 is 6.18 Å². The Bertz CT molecular complexity index is 1770. The molecular formula is C32H24F5N3O3. The number of nitriles is 1. The monoisotopic (exact) mass is 593 g/mol. The molecule has 0 radical (unpaired) electrons. The molecule has 4 aromatic rings. The maximum Gasteiger partial charge on any atom is 0.417 e. The Morgan fingerprint density at radius 1 is 0.907 bits per heavy atom. The Kier molecular flexibility index (Phi) is 8.30. The van der Waals surface area contributed by atoms with E-state index in [9.17, 15) is 36.8 Å². The molecule has 6 nitrogen and oxygen atoms in total. The maximum atomic E-state index is 14.5. The first-order valence-electron chi connectivity index (χ1n) is 13.4. The van der Waals surface area contributed by atoms with E-state index < -0.39 is 41.0 Å². The fourth-order valence-corrected chi connectivity index (χ4v) is 5.00. The molecule has 0 aliphatic carbocycles. The van der Waals surface area contributed by atoms with Gasteiger partial charge in [-0.05, 0) is 79.4 Å². The van der Waals surface area contributed by atoms with Crippen LogP contribution in [0.3, 0.4) is 0 Å². The van der Waals surface area contributed by atoms with E-state index >= 15 is 0 Å². The molecule has 1 amide bonds. The zero-order valence-electron chi connectivity index (χ0n) is 22.6. The number of ether oxygens (including phenoxy) is 1. The lowest BCUT2D eigenvalue weighted by atomic mass is 10.0. The maximum absolute atomic E-state index is 14.5. The number of amides is 1. The number of alkyl halides is 3. The Balaban J connectivity index is 1.48. The second-order valence-electron chi connectivity index (χ2n) is 10.1. The molecule has 5 rings (SSSR count). The van der Waals surface area contributed by atoms with Gasteiger partial charge in [0.05, 0.1) is 17.8 Å². The Morgan fingerprint density at radius 2 is 1.63 bits per heavy atom. The van der Waals surface area contributed by atoms with Crippen molar-refractivity contribution in [2.75, 3.05) is 13.1 Å². The molecule has 1 aliphatic rings. The van der Waals surface area contributed by atoms with Crippen LogP contribution in [0.15, 0.2) is 77.6 Å². The predicted octanol–water partition coefficient (Wildman–Crippen LogP) is 7.15. The predicted molar refractivity (Wildman–Crippen MR) is 148 cm³/mol. The van der Waals surface area contributed by atoms with Gasteiger partial charge in [-0.25, -0.2) is 8.78 Å². The van der Waals surface area contributed by atoms with Crippen LogP contribution in [0.25, 0.3) is 11.3 Å². The molecule has 1 aliphatic heterocycles. The van der Waals surface area contributed by atoms with Crippen molar-refractivity contribution >= 4 is 5.91 Å². The quantitative estimate of drug-likeness (QED) is 0.223. The van der Waals surface area contributed by atoms with E-state index in [4.69, 9.17) is 4.74 Å². The highest BCUT2D eigenvalue weighted by Gasteiger charge is 2.36. The number of aromatic nitrogens is 1. The fourth-order valence-electron chi connectivity index (χ4n) is 5.00. The molecule has 43 heavy (non-hydrogen) atoms. The topological polar surface area (TPSA) is 75.3 Å². The summed E-state index contributed by atoms with van der Waals surface area (Å²) in [5, 5.41) is 9.38. The van der Waals surface area contributed by atoms with Crippen LogP contribution in [0.4, 0.5) is 22.0 Å². The Labute approximate surface area is 243 Å². The summed E-state index contributed by atoms with van der Waals surface area (Å²) in [5.74, 6) is -1.29. The average molecular weight is 594 g/mol. The first-order chi connectivity index (χ1) is 20.5. The lowest BCUT2D eigenvalue weighted by molar-refractivity contribution is -0.137. The molecule has 0 N–H and O–H groups in total. The van der Waals surface area contributed by atoms with Crippen molar-refractivity contribution in [3.63, 3.8) is 0 Å². The van der Waals surface area contributed by atoms with E-state index in [-0.39, 0.29) is 22.7 Å². The number of carbonyl (C=O) groups excluding carboxylic acids is 1. The lowest BCUT2D eigenvalue weighted by Gasteiger charge is -2.26. The zero-order valence-corrected chi connectivity index (χ0v) is 22.6. The number of nitrogens with zero attached hydrogens (tertiary/aromatic N) is 3. The SMILES string of the molecule is N#Cc1c(C(F)(F)F)cc(-c2ccc(Oc3cccc(C(=O)N4CCCCC4)c3)cc2)n(Cc2ccc(F)cc2F)c1=O. The molecule has 0 spiro atoms. The minimum Gasteiger partial charge on any atom is -0.457 e. The first-order valence-corrected chi connectivity index (χ1v) is 13.4. The van der Waals surface area contributed by atoms with Crippen molar-refractivity contribution in [1.29, 1.82) is 5.26 Å². The zero-order chi connectivity index (χ0) is 30.7. The van der Waals surface area contributed by atoms with Crippen LogP contribution in [0, 0.1) is 23.0 Å². The molecule has 0 unspecified atom stereocenters. The van der Waals surface area contributed by atoms with Crippen LogP contribution < -0.4 is 10.3 Å². The van der Waals surface area contributed by atoms with Gasteiger partial charge in [-0.1, -0.05) is 12.1 Å². The number of carbonyl (C=O) groups is 1.